The fourth-order valence-corrected chi connectivity index (χ4v) is 3.33. The van der Waals surface area contributed by atoms with Crippen LogP contribution in [-0.4, -0.2) is 32.8 Å². The highest BCUT2D eigenvalue weighted by Gasteiger charge is 2.28. The number of rotatable bonds is 7. The third-order valence-corrected chi connectivity index (χ3v) is 4.74. The smallest absolute Gasteiger partial charge is 0.308 e. The molecular formula is C19H29NO4. The summed E-state index contributed by atoms with van der Waals surface area (Å²) in [5.41, 5.74) is 1.17. The number of esters is 1. The van der Waals surface area contributed by atoms with E-state index in [4.69, 9.17) is 14.2 Å². The molecule has 0 amide bonds. The predicted octanol–water partition coefficient (Wildman–Crippen LogP) is 3.48. The van der Waals surface area contributed by atoms with Crippen molar-refractivity contribution >= 4 is 5.97 Å². The van der Waals surface area contributed by atoms with Crippen LogP contribution in [0.15, 0.2) is 18.2 Å². The molecule has 5 nitrogen and oxygen atoms in total. The number of nitrogens with one attached hydrogen (secondary N) is 1. The number of benzene rings is 1. The van der Waals surface area contributed by atoms with Crippen LogP contribution in [0, 0.1) is 5.92 Å². The van der Waals surface area contributed by atoms with E-state index < -0.39 is 0 Å². The highest BCUT2D eigenvalue weighted by atomic mass is 16.5. The topological polar surface area (TPSA) is 56.8 Å². The lowest BCUT2D eigenvalue weighted by atomic mass is 9.85. The van der Waals surface area contributed by atoms with E-state index in [-0.39, 0.29) is 17.9 Å². The maximum atomic E-state index is 11.8. The first-order valence-corrected chi connectivity index (χ1v) is 8.73. The molecule has 1 aromatic carbocycles. The van der Waals surface area contributed by atoms with Crippen LogP contribution in [0.1, 0.15) is 51.1 Å². The molecule has 24 heavy (non-hydrogen) atoms. The molecule has 5 heteroatoms. The van der Waals surface area contributed by atoms with Gasteiger partial charge in [0.1, 0.15) is 0 Å². The van der Waals surface area contributed by atoms with E-state index in [0.29, 0.717) is 12.6 Å². The van der Waals surface area contributed by atoms with E-state index in [1.807, 2.05) is 19.1 Å². The van der Waals surface area contributed by atoms with Crippen molar-refractivity contribution in [2.24, 2.45) is 5.92 Å². The molecule has 1 fully saturated rings. The van der Waals surface area contributed by atoms with E-state index >= 15 is 0 Å². The average molecular weight is 335 g/mol. The standard InChI is InChI=1S/C19H29NO4/c1-5-24-19(21)14-6-9-16(10-7-14)20-13(2)15-8-11-17(22-3)18(12-15)23-4/h8,11-14,16,20H,5-7,9-10H2,1-4H3. The molecule has 0 aliphatic heterocycles. The summed E-state index contributed by atoms with van der Waals surface area (Å²) in [5, 5.41) is 3.67. The largest absolute Gasteiger partial charge is 0.493 e. The Morgan fingerprint density at radius 3 is 2.42 bits per heavy atom. The molecule has 0 spiro atoms. The first-order valence-electron chi connectivity index (χ1n) is 8.73. The lowest BCUT2D eigenvalue weighted by Gasteiger charge is -2.30. The SMILES string of the molecule is CCOC(=O)C1CCC(NC(C)c2ccc(OC)c(OC)c2)CC1. The average Bonchev–Trinajstić information content (AvgIpc) is 2.61. The number of carbonyl (C=O) groups excluding carboxylic acids is 1. The van der Waals surface area contributed by atoms with Gasteiger partial charge in [-0.3, -0.25) is 4.79 Å². The second-order valence-corrected chi connectivity index (χ2v) is 6.30. The zero-order valence-electron chi connectivity index (χ0n) is 15.1. The molecule has 0 aromatic heterocycles. The Kier molecular flexibility index (Phi) is 6.91. The van der Waals surface area contributed by atoms with Crippen LogP contribution >= 0.6 is 0 Å². The van der Waals surface area contributed by atoms with Crippen LogP contribution in [-0.2, 0) is 9.53 Å². The second-order valence-electron chi connectivity index (χ2n) is 6.30. The van der Waals surface area contributed by atoms with Gasteiger partial charge in [0.2, 0.25) is 0 Å². The number of carbonyl (C=O) groups is 1. The van der Waals surface area contributed by atoms with Crippen LogP contribution in [0.3, 0.4) is 0 Å². The van der Waals surface area contributed by atoms with Gasteiger partial charge < -0.3 is 19.5 Å². The molecule has 0 bridgehead atoms. The predicted molar refractivity (Wildman–Crippen MR) is 93.5 cm³/mol. The lowest BCUT2D eigenvalue weighted by molar-refractivity contribution is -0.149. The van der Waals surface area contributed by atoms with Gasteiger partial charge in [-0.25, -0.2) is 0 Å². The van der Waals surface area contributed by atoms with Crippen molar-refractivity contribution in [3.63, 3.8) is 0 Å². The van der Waals surface area contributed by atoms with Crippen molar-refractivity contribution in [1.29, 1.82) is 0 Å². The van der Waals surface area contributed by atoms with Gasteiger partial charge >= 0.3 is 5.97 Å². The first-order chi connectivity index (χ1) is 11.6. The van der Waals surface area contributed by atoms with Crippen molar-refractivity contribution in [3.8, 4) is 11.5 Å². The van der Waals surface area contributed by atoms with Gasteiger partial charge in [0.15, 0.2) is 11.5 Å². The van der Waals surface area contributed by atoms with Gasteiger partial charge in [0.25, 0.3) is 0 Å². The molecular weight excluding hydrogens is 306 g/mol. The van der Waals surface area contributed by atoms with Crippen LogP contribution in [0.2, 0.25) is 0 Å². The Labute approximate surface area is 144 Å². The molecule has 134 valence electrons. The lowest BCUT2D eigenvalue weighted by Crippen LogP contribution is -2.36. The molecule has 1 aliphatic rings. The van der Waals surface area contributed by atoms with Crippen LogP contribution in [0.25, 0.3) is 0 Å². The van der Waals surface area contributed by atoms with Gasteiger partial charge in [0, 0.05) is 12.1 Å². The maximum Gasteiger partial charge on any atom is 0.308 e. The second kappa shape index (κ2) is 8.92. The van der Waals surface area contributed by atoms with Gasteiger partial charge in [-0.1, -0.05) is 6.07 Å². The zero-order chi connectivity index (χ0) is 17.5. The Hall–Kier alpha value is -1.75. The van der Waals surface area contributed by atoms with Gasteiger partial charge in [-0.15, -0.1) is 0 Å². The Balaban J connectivity index is 1.89. The summed E-state index contributed by atoms with van der Waals surface area (Å²) in [6.45, 7) is 4.47. The Morgan fingerprint density at radius 1 is 1.17 bits per heavy atom. The van der Waals surface area contributed by atoms with E-state index in [0.717, 1.165) is 37.2 Å². The number of ether oxygens (including phenoxy) is 3. The molecule has 0 heterocycles. The number of hydrogen-bond acceptors (Lipinski definition) is 5. The number of methoxy groups -OCH3 is 2. The van der Waals surface area contributed by atoms with Crippen LogP contribution < -0.4 is 14.8 Å². The fraction of sp³-hybridized carbons (Fsp3) is 0.632. The third-order valence-electron chi connectivity index (χ3n) is 4.74. The van der Waals surface area contributed by atoms with Crippen LogP contribution in [0.4, 0.5) is 0 Å². The Bertz CT molecular complexity index is 538. The zero-order valence-corrected chi connectivity index (χ0v) is 15.1. The highest BCUT2D eigenvalue weighted by Crippen LogP contribution is 2.31. The van der Waals surface area contributed by atoms with E-state index in [2.05, 4.69) is 18.3 Å². The third kappa shape index (κ3) is 4.63. The van der Waals surface area contributed by atoms with Crippen molar-refractivity contribution in [3.05, 3.63) is 23.8 Å². The summed E-state index contributed by atoms with van der Waals surface area (Å²) in [6, 6.07) is 6.65. The van der Waals surface area contributed by atoms with Crippen molar-refractivity contribution in [2.75, 3.05) is 20.8 Å². The van der Waals surface area contributed by atoms with Gasteiger partial charge in [-0.05, 0) is 57.2 Å². The Morgan fingerprint density at radius 2 is 1.83 bits per heavy atom. The van der Waals surface area contributed by atoms with E-state index in [1.54, 1.807) is 14.2 Å². The monoisotopic (exact) mass is 335 g/mol. The van der Waals surface area contributed by atoms with Gasteiger partial charge in [-0.2, -0.15) is 0 Å². The summed E-state index contributed by atoms with van der Waals surface area (Å²) < 4.78 is 15.8. The quantitative estimate of drug-likeness (QED) is 0.773. The minimum Gasteiger partial charge on any atom is -0.493 e. The minimum atomic E-state index is -0.0381. The molecule has 0 saturated heterocycles. The molecule has 1 aliphatic carbocycles. The molecule has 0 radical (unpaired) electrons. The maximum absolute atomic E-state index is 11.8. The van der Waals surface area contributed by atoms with Crippen molar-refractivity contribution in [2.45, 2.75) is 51.6 Å². The molecule has 2 rings (SSSR count). The molecule has 1 saturated carbocycles. The van der Waals surface area contributed by atoms with E-state index in [1.165, 1.54) is 5.56 Å². The summed E-state index contributed by atoms with van der Waals surface area (Å²) >= 11 is 0. The van der Waals surface area contributed by atoms with Crippen LogP contribution in [0.5, 0.6) is 11.5 Å². The minimum absolute atomic E-state index is 0.0381. The van der Waals surface area contributed by atoms with Gasteiger partial charge in [0.05, 0.1) is 26.7 Å². The van der Waals surface area contributed by atoms with Crippen molar-refractivity contribution < 1.29 is 19.0 Å². The summed E-state index contributed by atoms with van der Waals surface area (Å²) in [6.07, 6.45) is 3.80. The highest BCUT2D eigenvalue weighted by molar-refractivity contribution is 5.72. The number of hydrogen-bond donors (Lipinski definition) is 1. The summed E-state index contributed by atoms with van der Waals surface area (Å²) in [5.74, 6) is 1.52. The first kappa shape index (κ1) is 18.6. The van der Waals surface area contributed by atoms with Crippen molar-refractivity contribution in [1.82, 2.24) is 5.32 Å². The fourth-order valence-electron chi connectivity index (χ4n) is 3.33. The van der Waals surface area contributed by atoms with E-state index in [9.17, 15) is 4.79 Å². The normalized spacial score (nSPS) is 21.8. The summed E-state index contributed by atoms with van der Waals surface area (Å²) in [7, 11) is 3.29. The summed E-state index contributed by atoms with van der Waals surface area (Å²) in [4.78, 5) is 11.8. The molecule has 1 aromatic rings. The molecule has 1 unspecified atom stereocenters. The molecule has 1 atom stereocenters. The molecule has 1 N–H and O–H groups in total.